The fourth-order valence-corrected chi connectivity index (χ4v) is 4.94. The number of aromatic nitrogens is 2. The summed E-state index contributed by atoms with van der Waals surface area (Å²) in [6, 6.07) is 12.3. The fraction of sp³-hybridized carbons (Fsp3) is 0.312. The Kier molecular flexibility index (Phi) is 6.92. The average Bonchev–Trinajstić information content (AvgIpc) is 3.58. The number of nitrogens with two attached hydrogens (primary N) is 1. The fourth-order valence-electron chi connectivity index (χ4n) is 4.94. The van der Waals surface area contributed by atoms with Crippen LogP contribution < -0.4 is 20.5 Å². The van der Waals surface area contributed by atoms with Crippen LogP contribution in [0.5, 0.6) is 11.5 Å². The Hall–Kier alpha value is -4.77. The molecule has 2 aromatic carbocycles. The first-order valence-corrected chi connectivity index (χ1v) is 13.9. The van der Waals surface area contributed by atoms with E-state index in [1.807, 2.05) is 0 Å². The highest BCUT2D eigenvalue weighted by atomic mass is 19.1. The first kappa shape index (κ1) is 28.4. The van der Waals surface area contributed by atoms with E-state index in [1.54, 1.807) is 44.4 Å². The molecule has 2 atom stereocenters. The standard InChI is InChI=1S/C32H31FN4O6/c1-17-36-24(14-41-17)22-11-6-19(12-25(22)43-21-9-10-21)29(38)35-15-32(3,40)26-13-23-28(42-16-31(23,2)30(34)39)27(37-26)18-4-7-20(33)8-5-18/h4-8,11-14,21,40H,9-10,15-16H2,1-3H3,(H2,34,39)(H,35,38)/t31-,32-/m0/s1. The number of hydrogen-bond donors (Lipinski definition) is 3. The second-order valence-corrected chi connectivity index (χ2v) is 11.5. The third kappa shape index (κ3) is 5.43. The maximum absolute atomic E-state index is 13.7. The molecule has 3 heterocycles. The SMILES string of the molecule is Cc1nc(-c2ccc(C(=O)NC[C@](C)(O)c3cc4c(c(-c5ccc(F)cc5)n3)OC[C@]4(C)C(N)=O)cc2OC2CC2)co1. The number of primary amides is 1. The van der Waals surface area contributed by atoms with Gasteiger partial charge < -0.3 is 30.0 Å². The van der Waals surface area contributed by atoms with Crippen molar-refractivity contribution in [1.29, 1.82) is 0 Å². The van der Waals surface area contributed by atoms with Gasteiger partial charge in [0.15, 0.2) is 5.89 Å². The predicted molar refractivity (Wildman–Crippen MR) is 154 cm³/mol. The molecule has 222 valence electrons. The lowest BCUT2D eigenvalue weighted by molar-refractivity contribution is -0.123. The largest absolute Gasteiger partial charge is 0.490 e. The number of pyridine rings is 1. The van der Waals surface area contributed by atoms with Crippen LogP contribution in [0.1, 0.15) is 54.2 Å². The number of carbonyl (C=O) groups excluding carboxylic acids is 2. The van der Waals surface area contributed by atoms with Gasteiger partial charge in [0.05, 0.1) is 18.3 Å². The van der Waals surface area contributed by atoms with E-state index in [9.17, 15) is 19.1 Å². The lowest BCUT2D eigenvalue weighted by atomic mass is 9.82. The molecule has 2 amide bonds. The number of amides is 2. The highest BCUT2D eigenvalue weighted by molar-refractivity contribution is 5.95. The number of nitrogens with one attached hydrogen (secondary N) is 1. The summed E-state index contributed by atoms with van der Waals surface area (Å²) in [5.74, 6) is -0.0953. The van der Waals surface area contributed by atoms with Crippen molar-refractivity contribution in [2.45, 2.75) is 50.7 Å². The van der Waals surface area contributed by atoms with Crippen molar-refractivity contribution in [2.24, 2.45) is 5.73 Å². The molecule has 0 saturated heterocycles. The second kappa shape index (κ2) is 10.5. The van der Waals surface area contributed by atoms with Crippen LogP contribution in [0.25, 0.3) is 22.5 Å². The smallest absolute Gasteiger partial charge is 0.251 e. The van der Waals surface area contributed by atoms with E-state index in [4.69, 9.17) is 19.6 Å². The maximum Gasteiger partial charge on any atom is 0.251 e. The van der Waals surface area contributed by atoms with Crippen molar-refractivity contribution in [2.75, 3.05) is 13.2 Å². The summed E-state index contributed by atoms with van der Waals surface area (Å²) in [4.78, 5) is 34.8. The molecule has 2 aliphatic rings. The van der Waals surface area contributed by atoms with Crippen LogP contribution in [0, 0.1) is 12.7 Å². The quantitative estimate of drug-likeness (QED) is 0.265. The molecule has 1 aliphatic carbocycles. The molecular weight excluding hydrogens is 555 g/mol. The average molecular weight is 587 g/mol. The molecule has 0 bridgehead atoms. The van der Waals surface area contributed by atoms with Gasteiger partial charge >= 0.3 is 0 Å². The van der Waals surface area contributed by atoms with Gasteiger partial charge in [0.1, 0.15) is 52.6 Å². The van der Waals surface area contributed by atoms with Crippen LogP contribution >= 0.6 is 0 Å². The van der Waals surface area contributed by atoms with Crippen molar-refractivity contribution >= 4 is 11.8 Å². The number of fused-ring (bicyclic) bond motifs is 1. The number of aliphatic hydroxyl groups is 1. The molecule has 0 spiro atoms. The zero-order valence-electron chi connectivity index (χ0n) is 23.9. The van der Waals surface area contributed by atoms with Crippen LogP contribution in [0.3, 0.4) is 0 Å². The molecule has 1 fully saturated rings. The summed E-state index contributed by atoms with van der Waals surface area (Å²) in [5.41, 5.74) is 6.03. The van der Waals surface area contributed by atoms with Gasteiger partial charge in [-0.2, -0.15) is 0 Å². The van der Waals surface area contributed by atoms with E-state index in [0.29, 0.717) is 51.0 Å². The van der Waals surface area contributed by atoms with Crippen LogP contribution in [-0.4, -0.2) is 46.1 Å². The Balaban J connectivity index is 1.29. The van der Waals surface area contributed by atoms with Gasteiger partial charge in [0, 0.05) is 29.2 Å². The predicted octanol–water partition coefficient (Wildman–Crippen LogP) is 4.17. The van der Waals surface area contributed by atoms with E-state index in [1.165, 1.54) is 31.2 Å². The maximum atomic E-state index is 13.7. The Morgan fingerprint density at radius 2 is 1.93 bits per heavy atom. The van der Waals surface area contributed by atoms with E-state index in [2.05, 4.69) is 15.3 Å². The van der Waals surface area contributed by atoms with Gasteiger partial charge in [-0.3, -0.25) is 9.59 Å². The number of benzene rings is 2. The summed E-state index contributed by atoms with van der Waals surface area (Å²) in [6.07, 6.45) is 3.50. The monoisotopic (exact) mass is 586 g/mol. The summed E-state index contributed by atoms with van der Waals surface area (Å²) < 4.78 is 31.0. The highest BCUT2D eigenvalue weighted by Crippen LogP contribution is 2.45. The Morgan fingerprint density at radius 1 is 1.19 bits per heavy atom. The number of ether oxygens (including phenoxy) is 2. The highest BCUT2D eigenvalue weighted by Gasteiger charge is 2.45. The second-order valence-electron chi connectivity index (χ2n) is 11.5. The van der Waals surface area contributed by atoms with E-state index in [0.717, 1.165) is 12.8 Å². The van der Waals surface area contributed by atoms with Crippen molar-refractivity contribution in [3.63, 3.8) is 0 Å². The van der Waals surface area contributed by atoms with Crippen LogP contribution in [0.15, 0.2) is 59.2 Å². The molecule has 43 heavy (non-hydrogen) atoms. The number of rotatable bonds is 9. The van der Waals surface area contributed by atoms with Gasteiger partial charge in [-0.05, 0) is 75.2 Å². The summed E-state index contributed by atoms with van der Waals surface area (Å²) in [6.45, 7) is 4.69. The zero-order valence-corrected chi connectivity index (χ0v) is 23.9. The van der Waals surface area contributed by atoms with Crippen LogP contribution in [0.4, 0.5) is 4.39 Å². The minimum absolute atomic E-state index is 0.00889. The summed E-state index contributed by atoms with van der Waals surface area (Å²) in [5, 5.41) is 14.4. The first-order valence-electron chi connectivity index (χ1n) is 13.9. The lowest BCUT2D eigenvalue weighted by Crippen LogP contribution is -2.41. The summed E-state index contributed by atoms with van der Waals surface area (Å²) >= 11 is 0. The number of aryl methyl sites for hydroxylation is 1. The molecule has 10 nitrogen and oxygen atoms in total. The van der Waals surface area contributed by atoms with Gasteiger partial charge in [-0.25, -0.2) is 14.4 Å². The Labute approximate surface area is 247 Å². The van der Waals surface area contributed by atoms with Crippen molar-refractivity contribution < 1.29 is 33.0 Å². The van der Waals surface area contributed by atoms with Gasteiger partial charge in [0.25, 0.3) is 5.91 Å². The molecule has 4 N–H and O–H groups in total. The third-order valence-electron chi connectivity index (χ3n) is 7.84. The number of hydrogen-bond acceptors (Lipinski definition) is 8. The minimum atomic E-state index is -1.67. The van der Waals surface area contributed by atoms with Gasteiger partial charge in [0.2, 0.25) is 5.91 Å². The van der Waals surface area contributed by atoms with Crippen molar-refractivity contribution in [3.8, 4) is 34.0 Å². The van der Waals surface area contributed by atoms with E-state index >= 15 is 0 Å². The molecule has 0 unspecified atom stereocenters. The molecular formula is C32H31FN4O6. The molecule has 6 rings (SSSR count). The minimum Gasteiger partial charge on any atom is -0.490 e. The number of halogens is 1. The lowest BCUT2D eigenvalue weighted by Gasteiger charge is -2.26. The van der Waals surface area contributed by atoms with E-state index in [-0.39, 0.29) is 24.9 Å². The normalized spacial score (nSPS) is 18.8. The summed E-state index contributed by atoms with van der Waals surface area (Å²) in [7, 11) is 0. The van der Waals surface area contributed by atoms with Gasteiger partial charge in [-0.15, -0.1) is 0 Å². The topological polar surface area (TPSA) is 150 Å². The zero-order chi connectivity index (χ0) is 30.5. The van der Waals surface area contributed by atoms with Crippen LogP contribution in [0.2, 0.25) is 0 Å². The Morgan fingerprint density at radius 3 is 2.58 bits per heavy atom. The van der Waals surface area contributed by atoms with Crippen LogP contribution in [-0.2, 0) is 15.8 Å². The molecule has 4 aromatic rings. The first-order chi connectivity index (χ1) is 20.4. The molecule has 2 aromatic heterocycles. The molecule has 1 aliphatic heterocycles. The molecule has 0 radical (unpaired) electrons. The third-order valence-corrected chi connectivity index (χ3v) is 7.84. The van der Waals surface area contributed by atoms with Gasteiger partial charge in [-0.1, -0.05) is 0 Å². The molecule has 11 heteroatoms. The molecule has 1 saturated carbocycles. The number of oxazole rings is 1. The number of carbonyl (C=O) groups is 2. The van der Waals surface area contributed by atoms with Crippen molar-refractivity contribution in [3.05, 3.63) is 83.3 Å². The van der Waals surface area contributed by atoms with E-state index < -0.39 is 28.6 Å². The Bertz CT molecular complexity index is 1730. The number of nitrogens with zero attached hydrogens (tertiary/aromatic N) is 2. The van der Waals surface area contributed by atoms with Crippen molar-refractivity contribution in [1.82, 2.24) is 15.3 Å².